The van der Waals surface area contributed by atoms with Crippen LogP contribution in [0.1, 0.15) is 53.0 Å². The molecule has 0 radical (unpaired) electrons. The highest BCUT2D eigenvalue weighted by atomic mass is 16.6. The molecule has 2 aromatic rings. The van der Waals surface area contributed by atoms with E-state index in [2.05, 4.69) is 6.92 Å². The van der Waals surface area contributed by atoms with E-state index in [1.54, 1.807) is 30.3 Å². The van der Waals surface area contributed by atoms with Gasteiger partial charge in [0, 0.05) is 30.3 Å². The summed E-state index contributed by atoms with van der Waals surface area (Å²) in [5.41, 5.74) is 1.52. The Bertz CT molecular complexity index is 1000. The highest BCUT2D eigenvalue weighted by molar-refractivity contribution is 5.94. The molecule has 0 bridgehead atoms. The second kappa shape index (κ2) is 9.59. The quantitative estimate of drug-likeness (QED) is 0.280. The summed E-state index contributed by atoms with van der Waals surface area (Å²) in [7, 11) is 1.48. The molecular formula is C23H26N2O6. The molecule has 1 heterocycles. The summed E-state index contributed by atoms with van der Waals surface area (Å²) in [6.07, 6.45) is 2.08. The van der Waals surface area contributed by atoms with Crippen LogP contribution in [-0.2, 0) is 11.3 Å². The number of carbonyl (C=O) groups excluding carboxylic acids is 2. The number of ether oxygens (including phenoxy) is 2. The van der Waals surface area contributed by atoms with Crippen molar-refractivity contribution in [1.29, 1.82) is 0 Å². The molecule has 0 unspecified atom stereocenters. The zero-order valence-electron chi connectivity index (χ0n) is 17.9. The number of hydrogen-bond donors (Lipinski definition) is 0. The van der Waals surface area contributed by atoms with Crippen molar-refractivity contribution < 1.29 is 24.0 Å². The topological polar surface area (TPSA) is 99.0 Å². The van der Waals surface area contributed by atoms with Crippen molar-refractivity contribution in [3.05, 3.63) is 63.2 Å². The van der Waals surface area contributed by atoms with E-state index in [0.717, 1.165) is 25.9 Å². The van der Waals surface area contributed by atoms with Gasteiger partial charge in [-0.2, -0.15) is 0 Å². The lowest BCUT2D eigenvalue weighted by Crippen LogP contribution is -2.34. The summed E-state index contributed by atoms with van der Waals surface area (Å²) in [5, 5.41) is 11.7. The van der Waals surface area contributed by atoms with Crippen LogP contribution in [-0.4, -0.2) is 36.9 Å². The van der Waals surface area contributed by atoms with E-state index < -0.39 is 10.9 Å². The number of piperidine rings is 1. The maximum Gasteiger partial charge on any atom is 0.338 e. The van der Waals surface area contributed by atoms with Gasteiger partial charge >= 0.3 is 5.97 Å². The Morgan fingerprint density at radius 2 is 1.94 bits per heavy atom. The minimum absolute atomic E-state index is 0.0993. The number of benzene rings is 2. The van der Waals surface area contributed by atoms with Gasteiger partial charge in [-0.1, -0.05) is 6.92 Å². The zero-order chi connectivity index (χ0) is 22.5. The number of anilines is 1. The number of rotatable bonds is 7. The van der Waals surface area contributed by atoms with E-state index in [0.29, 0.717) is 28.5 Å². The largest absolute Gasteiger partial charge is 0.496 e. The Kier molecular flexibility index (Phi) is 6.89. The Morgan fingerprint density at radius 1 is 1.19 bits per heavy atom. The van der Waals surface area contributed by atoms with Crippen molar-refractivity contribution in [2.24, 2.45) is 5.92 Å². The van der Waals surface area contributed by atoms with Gasteiger partial charge in [-0.3, -0.25) is 14.9 Å². The normalized spacial score (nSPS) is 16.0. The van der Waals surface area contributed by atoms with Crippen molar-refractivity contribution in [3.8, 4) is 5.75 Å². The van der Waals surface area contributed by atoms with Crippen molar-refractivity contribution in [2.45, 2.75) is 33.3 Å². The van der Waals surface area contributed by atoms with E-state index in [1.165, 1.54) is 20.1 Å². The number of nitro benzene ring substituents is 1. The van der Waals surface area contributed by atoms with Crippen LogP contribution in [0.4, 0.5) is 11.4 Å². The predicted molar refractivity (Wildman–Crippen MR) is 116 cm³/mol. The predicted octanol–water partition coefficient (Wildman–Crippen LogP) is 4.40. The molecule has 0 N–H and O–H groups in total. The second-order valence-corrected chi connectivity index (χ2v) is 7.81. The number of Topliss-reactive ketones (excluding diaryl/α,β-unsaturated/α-hetero) is 1. The second-order valence-electron chi connectivity index (χ2n) is 7.81. The molecule has 0 saturated carbocycles. The molecule has 0 amide bonds. The SMILES string of the molecule is COc1ccc(C(C)=O)cc1COC(=O)c1ccc(N2CCC[C@@H](C)C2)c([N+](=O)[O-])c1. The standard InChI is InChI=1S/C23H26N2O6/c1-15-5-4-10-24(13-15)20-8-6-18(12-21(20)25(28)29)23(27)31-14-19-11-17(16(2)26)7-9-22(19)30-3/h6-9,11-12,15H,4-5,10,13-14H2,1-3H3/t15-/m1/s1. The number of hydrogen-bond acceptors (Lipinski definition) is 7. The van der Waals surface area contributed by atoms with E-state index in [1.807, 2.05) is 4.90 Å². The van der Waals surface area contributed by atoms with Gasteiger partial charge in [-0.25, -0.2) is 4.79 Å². The lowest BCUT2D eigenvalue weighted by Gasteiger charge is -2.32. The van der Waals surface area contributed by atoms with Gasteiger partial charge in [0.2, 0.25) is 0 Å². The van der Waals surface area contributed by atoms with E-state index in [9.17, 15) is 19.7 Å². The summed E-state index contributed by atoms with van der Waals surface area (Å²) in [6, 6.07) is 9.31. The molecule has 8 nitrogen and oxygen atoms in total. The minimum atomic E-state index is -0.683. The van der Waals surface area contributed by atoms with Crippen LogP contribution in [0.15, 0.2) is 36.4 Å². The Balaban J connectivity index is 1.79. The number of esters is 1. The number of nitro groups is 1. The molecule has 1 aliphatic rings. The average Bonchev–Trinajstić information content (AvgIpc) is 2.76. The minimum Gasteiger partial charge on any atom is -0.496 e. The third kappa shape index (κ3) is 5.20. The fourth-order valence-electron chi connectivity index (χ4n) is 3.81. The third-order valence-corrected chi connectivity index (χ3v) is 5.45. The number of carbonyl (C=O) groups is 2. The summed E-state index contributed by atoms with van der Waals surface area (Å²) in [6.45, 7) is 4.95. The Morgan fingerprint density at radius 3 is 2.58 bits per heavy atom. The van der Waals surface area contributed by atoms with E-state index >= 15 is 0 Å². The van der Waals surface area contributed by atoms with Crippen molar-refractivity contribution >= 4 is 23.1 Å². The maximum atomic E-state index is 12.6. The molecule has 1 aliphatic heterocycles. The first-order valence-corrected chi connectivity index (χ1v) is 10.2. The lowest BCUT2D eigenvalue weighted by atomic mass is 9.99. The molecule has 3 rings (SSSR count). The van der Waals surface area contributed by atoms with Crippen molar-refractivity contribution in [1.82, 2.24) is 0 Å². The fourth-order valence-corrected chi connectivity index (χ4v) is 3.81. The average molecular weight is 426 g/mol. The Labute approximate surface area is 180 Å². The van der Waals surface area contributed by atoms with E-state index in [-0.39, 0.29) is 23.6 Å². The monoisotopic (exact) mass is 426 g/mol. The lowest BCUT2D eigenvalue weighted by molar-refractivity contribution is -0.384. The first-order chi connectivity index (χ1) is 14.8. The molecule has 1 saturated heterocycles. The van der Waals surface area contributed by atoms with Crippen LogP contribution in [0.5, 0.6) is 5.75 Å². The van der Waals surface area contributed by atoms with Gasteiger partial charge in [-0.15, -0.1) is 0 Å². The maximum absolute atomic E-state index is 12.6. The van der Waals surface area contributed by atoms with Crippen molar-refractivity contribution in [3.63, 3.8) is 0 Å². The number of ketones is 1. The van der Waals surface area contributed by atoms with Gasteiger partial charge in [0.15, 0.2) is 5.78 Å². The van der Waals surface area contributed by atoms with Gasteiger partial charge in [0.1, 0.15) is 18.0 Å². The van der Waals surface area contributed by atoms with Gasteiger partial charge in [0.05, 0.1) is 17.6 Å². The first kappa shape index (κ1) is 22.3. The summed E-state index contributed by atoms with van der Waals surface area (Å²) in [4.78, 5) is 37.4. The van der Waals surface area contributed by atoms with Crippen LogP contribution in [0, 0.1) is 16.0 Å². The first-order valence-electron chi connectivity index (χ1n) is 10.2. The third-order valence-electron chi connectivity index (χ3n) is 5.45. The van der Waals surface area contributed by atoms with E-state index in [4.69, 9.17) is 9.47 Å². The number of methoxy groups -OCH3 is 1. The van der Waals surface area contributed by atoms with Crippen LogP contribution < -0.4 is 9.64 Å². The van der Waals surface area contributed by atoms with Crippen LogP contribution in [0.3, 0.4) is 0 Å². The fraction of sp³-hybridized carbons (Fsp3) is 0.391. The molecule has 8 heteroatoms. The molecule has 1 fully saturated rings. The van der Waals surface area contributed by atoms with Crippen LogP contribution >= 0.6 is 0 Å². The smallest absolute Gasteiger partial charge is 0.338 e. The highest BCUT2D eigenvalue weighted by Gasteiger charge is 2.25. The molecule has 31 heavy (non-hydrogen) atoms. The zero-order valence-corrected chi connectivity index (χ0v) is 17.9. The van der Waals surface area contributed by atoms with Crippen LogP contribution in [0.25, 0.3) is 0 Å². The molecule has 0 aliphatic carbocycles. The summed E-state index contributed by atoms with van der Waals surface area (Å²) >= 11 is 0. The molecular weight excluding hydrogens is 400 g/mol. The molecule has 0 spiro atoms. The number of nitrogens with zero attached hydrogens (tertiary/aromatic N) is 2. The van der Waals surface area contributed by atoms with Gasteiger partial charge in [-0.05, 0) is 56.0 Å². The molecule has 164 valence electrons. The van der Waals surface area contributed by atoms with Crippen molar-refractivity contribution in [2.75, 3.05) is 25.1 Å². The Hall–Kier alpha value is -3.42. The summed E-state index contributed by atoms with van der Waals surface area (Å²) < 4.78 is 10.6. The van der Waals surface area contributed by atoms with Crippen LogP contribution in [0.2, 0.25) is 0 Å². The molecule has 0 aromatic heterocycles. The van der Waals surface area contributed by atoms with Gasteiger partial charge in [0.25, 0.3) is 5.69 Å². The van der Waals surface area contributed by atoms with Gasteiger partial charge < -0.3 is 14.4 Å². The summed E-state index contributed by atoms with van der Waals surface area (Å²) in [5.74, 6) is 0.141. The molecule has 2 aromatic carbocycles. The highest BCUT2D eigenvalue weighted by Crippen LogP contribution is 2.33. The molecule has 1 atom stereocenters.